The molecule has 0 amide bonds. The number of hydrogen-bond donors (Lipinski definition) is 1. The molecule has 0 aromatic heterocycles. The van der Waals surface area contributed by atoms with Gasteiger partial charge in [-0.25, -0.2) is 4.79 Å². The second kappa shape index (κ2) is 9.65. The highest BCUT2D eigenvalue weighted by atomic mass is 19.4. The maximum atomic E-state index is 14.0. The second-order valence-corrected chi connectivity index (χ2v) is 6.51. The lowest BCUT2D eigenvalue weighted by molar-refractivity contribution is -0.579. The highest BCUT2D eigenvalue weighted by Crippen LogP contribution is 2.59. The molecule has 5 nitrogen and oxygen atoms in total. The number of halogens is 23. The van der Waals surface area contributed by atoms with Crippen molar-refractivity contribution >= 4 is 5.97 Å². The van der Waals surface area contributed by atoms with E-state index in [2.05, 4.69) is 0 Å². The topological polar surface area (TPSA) is 65.0 Å². The van der Waals surface area contributed by atoms with Crippen molar-refractivity contribution in [2.75, 3.05) is 0 Å². The summed E-state index contributed by atoms with van der Waals surface area (Å²) in [5.41, 5.74) is 0. The molecule has 0 radical (unpaired) electrons. The third-order valence-electron chi connectivity index (χ3n) is 3.67. The van der Waals surface area contributed by atoms with Gasteiger partial charge in [0.25, 0.3) is 0 Å². The molecule has 0 rings (SSSR count). The van der Waals surface area contributed by atoms with Crippen LogP contribution in [-0.2, 0) is 19.0 Å². The lowest BCUT2D eigenvalue weighted by Gasteiger charge is -2.43. The van der Waals surface area contributed by atoms with E-state index in [-0.39, 0.29) is 0 Å². The molecule has 3 atom stereocenters. The number of carbonyl (C=O) groups is 1. The van der Waals surface area contributed by atoms with Crippen LogP contribution < -0.4 is 0 Å². The quantitative estimate of drug-likeness (QED) is 0.276. The normalized spacial score (nSPS) is 20.0. The van der Waals surface area contributed by atoms with Gasteiger partial charge in [-0.05, 0) is 0 Å². The van der Waals surface area contributed by atoms with Crippen LogP contribution in [0.5, 0.6) is 0 Å². The number of aliphatic carboxylic acids is 1. The summed E-state index contributed by atoms with van der Waals surface area (Å²) in [4.78, 5) is 10.2. The van der Waals surface area contributed by atoms with E-state index in [4.69, 9.17) is 5.11 Å². The third kappa shape index (κ3) is 6.01. The van der Waals surface area contributed by atoms with Crippen molar-refractivity contribution in [2.45, 2.75) is 66.5 Å². The van der Waals surface area contributed by atoms with Crippen molar-refractivity contribution in [3.05, 3.63) is 0 Å². The molecule has 240 valence electrons. The highest BCUT2D eigenvalue weighted by Gasteiger charge is 2.89. The monoisotopic (exact) mass is 662 g/mol. The zero-order valence-corrected chi connectivity index (χ0v) is 16.8. The van der Waals surface area contributed by atoms with Crippen LogP contribution in [0, 0.1) is 0 Å². The Hall–Kier alpha value is -2.26. The van der Waals surface area contributed by atoms with Crippen LogP contribution in [0.25, 0.3) is 0 Å². The smallest absolute Gasteiger partial charge is 0.460 e. The Bertz CT molecular complexity index is 913. The Labute approximate surface area is 199 Å². The average Bonchev–Trinajstić information content (AvgIpc) is 2.61. The molecule has 0 aromatic rings. The first kappa shape index (κ1) is 37.7. The van der Waals surface area contributed by atoms with Crippen molar-refractivity contribution in [3.8, 4) is 0 Å². The molecule has 0 aromatic carbocycles. The fourth-order valence-corrected chi connectivity index (χ4v) is 1.74. The molecule has 1 N–H and O–H groups in total. The molecule has 0 aliphatic rings. The van der Waals surface area contributed by atoms with E-state index < -0.39 is 72.5 Å². The zero-order valence-electron chi connectivity index (χ0n) is 16.8. The highest BCUT2D eigenvalue weighted by molar-refractivity contribution is 5.76. The van der Waals surface area contributed by atoms with Crippen molar-refractivity contribution in [1.82, 2.24) is 0 Å². The maximum Gasteiger partial charge on any atom is 0.460 e. The van der Waals surface area contributed by atoms with Gasteiger partial charge in [0.05, 0.1) is 0 Å². The molecule has 0 bridgehead atoms. The average molecular weight is 662 g/mol. The Morgan fingerprint density at radius 3 is 0.850 bits per heavy atom. The van der Waals surface area contributed by atoms with Crippen LogP contribution in [0.2, 0.25) is 0 Å². The van der Waals surface area contributed by atoms with E-state index in [9.17, 15) is 106 Å². The molecule has 40 heavy (non-hydrogen) atoms. The van der Waals surface area contributed by atoms with Gasteiger partial charge in [0.15, 0.2) is 0 Å². The molecule has 0 aliphatic heterocycles. The Kier molecular flexibility index (Phi) is 9.10. The van der Waals surface area contributed by atoms with E-state index in [1.165, 1.54) is 4.74 Å². The standard InChI is InChI=1S/C12HF23O5/c13-2(1(36)37,6(17,18)19)38-11(32,33)5(16,10(29,30)31)40-12(34,35)4(15,9(26,27)28)39-3(14,7(20,21)22)8(23,24)25/h(H,36,37)/t2-,4-,5+/m0/s1. The summed E-state index contributed by atoms with van der Waals surface area (Å²) in [6.07, 6.45) is -58.1. The van der Waals surface area contributed by atoms with Crippen molar-refractivity contribution in [3.63, 3.8) is 0 Å². The summed E-state index contributed by atoms with van der Waals surface area (Å²) >= 11 is 0. The molecule has 28 heteroatoms. The number of rotatable bonds is 9. The van der Waals surface area contributed by atoms with Crippen LogP contribution in [0.3, 0.4) is 0 Å². The molecule has 0 aliphatic carbocycles. The first-order chi connectivity index (χ1) is 16.8. The van der Waals surface area contributed by atoms with Crippen molar-refractivity contribution in [2.24, 2.45) is 0 Å². The van der Waals surface area contributed by atoms with E-state index >= 15 is 0 Å². The van der Waals surface area contributed by atoms with E-state index in [0.29, 0.717) is 0 Å². The first-order valence-electron chi connectivity index (χ1n) is 8.00. The van der Waals surface area contributed by atoms with Gasteiger partial charge < -0.3 is 5.11 Å². The van der Waals surface area contributed by atoms with Gasteiger partial charge in [0.1, 0.15) is 0 Å². The van der Waals surface area contributed by atoms with Gasteiger partial charge in [-0.2, -0.15) is 101 Å². The fraction of sp³-hybridized carbons (Fsp3) is 0.917. The summed E-state index contributed by atoms with van der Waals surface area (Å²) in [5.74, 6) is -37.8. The number of alkyl halides is 23. The van der Waals surface area contributed by atoms with E-state index in [1.807, 2.05) is 0 Å². The number of carboxylic acids is 1. The van der Waals surface area contributed by atoms with E-state index in [1.54, 1.807) is 0 Å². The van der Waals surface area contributed by atoms with Crippen LogP contribution in [0.1, 0.15) is 0 Å². The van der Waals surface area contributed by atoms with Gasteiger partial charge >= 0.3 is 72.5 Å². The second-order valence-electron chi connectivity index (χ2n) is 6.51. The lowest BCUT2D eigenvalue weighted by Crippen LogP contribution is -2.71. The third-order valence-corrected chi connectivity index (χ3v) is 3.67. The predicted molar refractivity (Wildman–Crippen MR) is 66.4 cm³/mol. The van der Waals surface area contributed by atoms with Gasteiger partial charge in [-0.1, -0.05) is 0 Å². The number of ether oxygens (including phenoxy) is 3. The summed E-state index contributed by atoms with van der Waals surface area (Å²) in [7, 11) is 0. The number of hydrogen-bond acceptors (Lipinski definition) is 4. The van der Waals surface area contributed by atoms with Crippen molar-refractivity contribution in [1.29, 1.82) is 0 Å². The Morgan fingerprint density at radius 2 is 0.625 bits per heavy atom. The molecular formula is C12HF23O5. The van der Waals surface area contributed by atoms with Crippen molar-refractivity contribution < 1.29 is 125 Å². The van der Waals surface area contributed by atoms with Crippen LogP contribution in [0.4, 0.5) is 101 Å². The molecule has 0 saturated carbocycles. The summed E-state index contributed by atoms with van der Waals surface area (Å²) in [6.45, 7) is 0. The predicted octanol–water partition coefficient (Wildman–Crippen LogP) is 6.78. The molecule has 0 fully saturated rings. The maximum absolute atomic E-state index is 14.0. The van der Waals surface area contributed by atoms with Crippen LogP contribution in [-0.4, -0.2) is 77.6 Å². The summed E-state index contributed by atoms with van der Waals surface area (Å²) < 4.78 is 301. The minimum absolute atomic E-state index is 0.997. The fourth-order valence-electron chi connectivity index (χ4n) is 1.74. The Balaban J connectivity index is 7.38. The molecular weight excluding hydrogens is 661 g/mol. The lowest BCUT2D eigenvalue weighted by atomic mass is 10.2. The van der Waals surface area contributed by atoms with Gasteiger partial charge in [-0.15, -0.1) is 0 Å². The zero-order chi connectivity index (χ0) is 33.2. The van der Waals surface area contributed by atoms with E-state index in [0.717, 1.165) is 9.47 Å². The minimum atomic E-state index is -8.84. The summed E-state index contributed by atoms with van der Waals surface area (Å²) in [5, 5.41) is 7.92. The molecule has 0 spiro atoms. The Morgan fingerprint density at radius 1 is 0.375 bits per heavy atom. The molecule has 0 heterocycles. The van der Waals surface area contributed by atoms with Gasteiger partial charge in [0, 0.05) is 0 Å². The molecule has 0 unspecified atom stereocenters. The first-order valence-corrected chi connectivity index (χ1v) is 8.00. The van der Waals surface area contributed by atoms with Crippen LogP contribution >= 0.6 is 0 Å². The van der Waals surface area contributed by atoms with Gasteiger partial charge in [0.2, 0.25) is 0 Å². The van der Waals surface area contributed by atoms with Crippen LogP contribution in [0.15, 0.2) is 0 Å². The summed E-state index contributed by atoms with van der Waals surface area (Å²) in [6, 6.07) is 0. The minimum Gasteiger partial charge on any atom is -0.477 e. The number of carboxylic acid groups (broad SMARTS) is 1. The SMILES string of the molecule is O=C(O)[C@](F)(OC(F)(F)[C@](F)(OC(F)(F)[C@@](F)(OC(F)(C(F)(F)F)C(F)(F)F)C(F)(F)F)C(F)(F)F)C(F)(F)F. The molecule has 0 saturated heterocycles. The largest absolute Gasteiger partial charge is 0.477 e. The van der Waals surface area contributed by atoms with Gasteiger partial charge in [-0.3, -0.25) is 14.2 Å².